The van der Waals surface area contributed by atoms with Crippen LogP contribution in [0.2, 0.25) is 5.02 Å². The predicted molar refractivity (Wildman–Crippen MR) is 324 cm³/mol. The molecular formula is C64H78ClFN6O15. The minimum absolute atomic E-state index is 0.0162. The molecule has 2 saturated heterocycles. The monoisotopic (exact) mass is 1220 g/mol. The van der Waals surface area contributed by atoms with Gasteiger partial charge >= 0.3 is 17.7 Å². The molecule has 2 unspecified atom stereocenters. The Hall–Kier alpha value is -7.24. The highest BCUT2D eigenvalue weighted by Gasteiger charge is 2.56. The van der Waals surface area contributed by atoms with E-state index in [0.717, 1.165) is 38.2 Å². The summed E-state index contributed by atoms with van der Waals surface area (Å²) in [4.78, 5) is 71.2. The van der Waals surface area contributed by atoms with Gasteiger partial charge in [0.2, 0.25) is 5.43 Å². The van der Waals surface area contributed by atoms with Gasteiger partial charge in [0, 0.05) is 111 Å². The van der Waals surface area contributed by atoms with Gasteiger partial charge in [0.05, 0.1) is 74.6 Å². The minimum Gasteiger partial charge on any atom is -0.507 e. The van der Waals surface area contributed by atoms with Crippen molar-refractivity contribution >= 4 is 74.5 Å². The van der Waals surface area contributed by atoms with E-state index in [2.05, 4.69) is 17.3 Å². The SMILES string of the molecule is CO[C@H]1/C=C/O[C@@]2(C)Oc3c(C)c(O)c4c(O)c(c(/C=N/N5CCC(N(C)C6(C7CCN(c8c(F)cc9c(=O)c(C(=O)O)cn(C%10CC%10)c9c8Cl)C7)CC6)CC5)c(O)c4c3C2=O)NC(=O)/C(C)=C\C=C\[C@H](C)[C@H](O)[C@@H](C)[C@@H](O)[C@@H](C)[C@H](OC(C)=O)C1C. The van der Waals surface area contributed by atoms with Crippen LogP contribution in [0.15, 0.2) is 58.3 Å². The second kappa shape index (κ2) is 24.0. The molecule has 21 nitrogen and oxygen atoms in total. The third kappa shape index (κ3) is 11.3. The summed E-state index contributed by atoms with van der Waals surface area (Å²) >= 11 is 7.06. The molecule has 11 rings (SSSR count). The van der Waals surface area contributed by atoms with Crippen molar-refractivity contribution in [2.45, 2.75) is 148 Å². The quantitative estimate of drug-likeness (QED) is 0.0338. The number of methoxy groups -OCH3 is 1. The standard InChI is InChI=1S/C64H78ClFN6O15/c1-30-12-11-13-31(2)61(81)68-49-41(56(78)45-46(57(49)79)54(76)35(6)59-47(45)60(80)63(8,87-59)85-25-19-44(84-10)32(3)58(86-36(7)73)34(5)53(75)33(4)52(30)74)27-67-71-23-17-38(18-24-71)69(9)64(20-21-64)37-16-22-70(28-37)51-43(66)26-40-50(48(51)65)72(39-14-15-39)29-42(55(40)77)62(82)83/h11-13,19,25-27,29-30,32-34,37-39,44,52-53,58,74-76,78-79H,14-18,20-24,28H2,1-10H3,(H,68,81)(H,82,83)/b12-11+,25-19+,31-13-,67-27+/t30-,32?,33+,34+,37?,44-,52-,53+,58+,63-/m0/s1. The topological polar surface area (TPSA) is 283 Å². The van der Waals surface area contributed by atoms with E-state index in [-0.39, 0.29) is 84.1 Å². The van der Waals surface area contributed by atoms with Gasteiger partial charge < -0.3 is 64.4 Å². The third-order valence-corrected chi connectivity index (χ3v) is 19.8. The Labute approximate surface area is 508 Å². The van der Waals surface area contributed by atoms with Crippen LogP contribution in [0, 0.1) is 42.3 Å². The number of nitrogens with zero attached hydrogens (tertiary/aromatic N) is 5. The Kier molecular flexibility index (Phi) is 17.4. The number of hydrazone groups is 1. The zero-order valence-electron chi connectivity index (χ0n) is 50.6. The van der Waals surface area contributed by atoms with E-state index in [9.17, 15) is 54.6 Å². The molecule has 4 fully saturated rings. The normalized spacial score (nSPS) is 29.6. The minimum atomic E-state index is -2.12. The smallest absolute Gasteiger partial charge is 0.341 e. The molecule has 4 aromatic rings. The molecular weight excluding hydrogens is 1150 g/mol. The molecule has 3 aromatic carbocycles. The summed E-state index contributed by atoms with van der Waals surface area (Å²) < 4.78 is 41.9. The number of Topliss-reactive ketones (excluding diaryl/α,β-unsaturated/α-hetero) is 1. The Morgan fingerprint density at radius 1 is 0.931 bits per heavy atom. The summed E-state index contributed by atoms with van der Waals surface area (Å²) in [7, 11) is 3.55. The average Bonchev–Trinajstić information content (AvgIpc) is 1.69. The number of amides is 1. The number of rotatable bonds is 10. The van der Waals surface area contributed by atoms with Gasteiger partial charge in [-0.1, -0.05) is 57.5 Å². The lowest BCUT2D eigenvalue weighted by molar-refractivity contribution is -0.160. The number of hydrogen-bond donors (Lipinski definition) is 7. The van der Waals surface area contributed by atoms with Gasteiger partial charge in [-0.15, -0.1) is 0 Å². The number of anilines is 2. The highest BCUT2D eigenvalue weighted by atomic mass is 35.5. The highest BCUT2D eigenvalue weighted by molar-refractivity contribution is 6.38. The first-order valence-corrected chi connectivity index (χ1v) is 30.2. The molecule has 2 aliphatic carbocycles. The highest BCUT2D eigenvalue weighted by Crippen LogP contribution is 2.56. The molecule has 7 aliphatic rings. The summed E-state index contributed by atoms with van der Waals surface area (Å²) in [5, 5.41) is 78.4. The van der Waals surface area contributed by atoms with Gasteiger partial charge in [-0.05, 0) is 83.9 Å². The Morgan fingerprint density at radius 3 is 2.25 bits per heavy atom. The lowest BCUT2D eigenvalue weighted by atomic mass is 9.78. The van der Waals surface area contributed by atoms with Crippen molar-refractivity contribution in [2.24, 2.45) is 34.7 Å². The van der Waals surface area contributed by atoms with E-state index in [0.29, 0.717) is 44.5 Å². The number of aliphatic hydroxyl groups excluding tert-OH is 2. The van der Waals surface area contributed by atoms with Crippen molar-refractivity contribution in [3.05, 3.63) is 91.7 Å². The van der Waals surface area contributed by atoms with Crippen LogP contribution in [0.1, 0.15) is 131 Å². The number of carbonyl (C=O) groups excluding carboxylic acids is 3. The number of phenols is 3. The molecule has 0 radical (unpaired) electrons. The number of carboxylic acid groups (broad SMARTS) is 1. The van der Waals surface area contributed by atoms with Crippen molar-refractivity contribution in [2.75, 3.05) is 50.6 Å². The third-order valence-electron chi connectivity index (χ3n) is 19.5. The van der Waals surface area contributed by atoms with E-state index in [1.54, 1.807) is 49.4 Å². The molecule has 10 atom stereocenters. The van der Waals surface area contributed by atoms with Crippen LogP contribution in [-0.2, 0) is 23.8 Å². The van der Waals surface area contributed by atoms with Crippen LogP contribution in [-0.4, -0.2) is 157 Å². The van der Waals surface area contributed by atoms with Crippen molar-refractivity contribution in [1.82, 2.24) is 14.5 Å². The first-order chi connectivity index (χ1) is 41.2. The van der Waals surface area contributed by atoms with Crippen molar-refractivity contribution in [3.63, 3.8) is 0 Å². The molecule has 2 saturated carbocycles. The number of carboxylic acids is 1. The molecule has 1 amide bonds. The van der Waals surface area contributed by atoms with Crippen molar-refractivity contribution < 1.29 is 73.2 Å². The number of ether oxygens (including phenoxy) is 4. The summed E-state index contributed by atoms with van der Waals surface area (Å²) in [5.74, 6) is -10.8. The van der Waals surface area contributed by atoms with E-state index in [1.807, 2.05) is 4.90 Å². The number of benzene rings is 3. The number of nitrogens with one attached hydrogen (secondary N) is 1. The van der Waals surface area contributed by atoms with Crippen molar-refractivity contribution in [3.8, 4) is 23.0 Å². The molecule has 7 N–H and O–H groups in total. The first kappa shape index (κ1) is 62.8. The lowest BCUT2D eigenvalue weighted by Gasteiger charge is -2.42. The summed E-state index contributed by atoms with van der Waals surface area (Å²) in [6.07, 6.45) is 11.5. The van der Waals surface area contributed by atoms with E-state index >= 15 is 4.39 Å². The maximum Gasteiger partial charge on any atom is 0.341 e. The first-order valence-electron chi connectivity index (χ1n) is 29.8. The number of hydrogen-bond acceptors (Lipinski definition) is 18. The average molecular weight is 1230 g/mol. The number of aromatic carboxylic acids is 1. The van der Waals surface area contributed by atoms with Crippen LogP contribution < -0.4 is 20.4 Å². The van der Waals surface area contributed by atoms with Crippen molar-refractivity contribution in [1.29, 1.82) is 0 Å². The van der Waals surface area contributed by atoms with Gasteiger partial charge in [-0.2, -0.15) is 5.10 Å². The molecule has 87 heavy (non-hydrogen) atoms. The van der Waals surface area contributed by atoms with Crippen LogP contribution in [0.5, 0.6) is 23.0 Å². The number of esters is 1. The van der Waals surface area contributed by atoms with Gasteiger partial charge in [0.15, 0.2) is 5.75 Å². The van der Waals surface area contributed by atoms with Crippen LogP contribution in [0.25, 0.3) is 21.7 Å². The lowest BCUT2D eigenvalue weighted by Crippen LogP contribution is -2.50. The van der Waals surface area contributed by atoms with Crippen LogP contribution >= 0.6 is 11.6 Å². The molecule has 6 heterocycles. The fourth-order valence-electron chi connectivity index (χ4n) is 13.8. The summed E-state index contributed by atoms with van der Waals surface area (Å²) in [6, 6.07) is 1.21. The van der Waals surface area contributed by atoms with Gasteiger partial charge in [-0.3, -0.25) is 29.1 Å². The predicted octanol–water partition coefficient (Wildman–Crippen LogP) is 8.68. The zero-order valence-corrected chi connectivity index (χ0v) is 51.4. The Balaban J connectivity index is 0.932. The molecule has 23 heteroatoms. The Morgan fingerprint density at radius 2 is 1.62 bits per heavy atom. The molecule has 0 spiro atoms. The van der Waals surface area contributed by atoms with E-state index in [4.69, 9.17) is 35.6 Å². The second-order valence-corrected chi connectivity index (χ2v) is 25.3. The maximum absolute atomic E-state index is 16.2. The largest absolute Gasteiger partial charge is 0.507 e. The molecule has 468 valence electrons. The van der Waals surface area contributed by atoms with Gasteiger partial charge in [0.1, 0.15) is 34.7 Å². The number of halogens is 2. The number of aromatic nitrogens is 1. The number of aliphatic hydroxyl groups is 2. The maximum atomic E-state index is 16.2. The van der Waals surface area contributed by atoms with Gasteiger partial charge in [-0.25, -0.2) is 9.18 Å². The Bertz CT molecular complexity index is 3640. The number of pyridine rings is 1. The number of aromatic hydroxyl groups is 3. The number of allylic oxidation sites excluding steroid dienone is 2. The van der Waals surface area contributed by atoms with Gasteiger partial charge in [0.25, 0.3) is 11.7 Å². The zero-order chi connectivity index (χ0) is 63.0. The molecule has 5 aliphatic heterocycles. The number of ketones is 1. The second-order valence-electron chi connectivity index (χ2n) is 24.9. The molecule has 1 aromatic heterocycles. The summed E-state index contributed by atoms with van der Waals surface area (Å²) in [5.41, 5.74) is -1.42. The fraction of sp³-hybridized carbons (Fsp3) is 0.531. The number of carbonyl (C=O) groups is 4. The van der Waals surface area contributed by atoms with Crippen LogP contribution in [0.4, 0.5) is 15.8 Å². The van der Waals surface area contributed by atoms with Crippen LogP contribution in [0.3, 0.4) is 0 Å². The number of fused-ring (bicyclic) bond motifs is 15. The number of piperidine rings is 1. The summed E-state index contributed by atoms with van der Waals surface area (Å²) in [6.45, 7) is 14.4. The van der Waals surface area contributed by atoms with E-state index < -0.39 is 112 Å². The molecule has 5 bridgehead atoms. The number of phenolic OH excluding ortho intramolecular Hbond substituents is 3. The van der Waals surface area contributed by atoms with E-state index in [1.165, 1.54) is 65.6 Å². The fourth-order valence-corrected chi connectivity index (χ4v) is 14.2.